The van der Waals surface area contributed by atoms with Crippen LogP contribution in [0.4, 0.5) is 18.0 Å². The summed E-state index contributed by atoms with van der Waals surface area (Å²) in [5, 5.41) is 0.611. The highest BCUT2D eigenvalue weighted by Gasteiger charge is 2.36. The lowest BCUT2D eigenvalue weighted by Crippen LogP contribution is -2.46. The predicted molar refractivity (Wildman–Crippen MR) is 70.7 cm³/mol. The summed E-state index contributed by atoms with van der Waals surface area (Å²) in [5.41, 5.74) is -0.572. The Kier molecular flexibility index (Phi) is 5.00. The number of hydrogen-bond acceptors (Lipinski definition) is 4. The zero-order chi connectivity index (χ0) is 17.1. The molecule has 1 aromatic rings. The second-order valence-electron chi connectivity index (χ2n) is 5.40. The number of alkyl halides is 3. The fourth-order valence-corrected chi connectivity index (χ4v) is 1.48. The molecule has 0 spiro atoms. The third-order valence-corrected chi connectivity index (χ3v) is 2.32. The molecule has 0 bridgehead atoms. The molecule has 0 aliphatic heterocycles. The number of rotatable bonds is 1. The first kappa shape index (κ1) is 17.7. The number of ether oxygens (including phenoxy) is 1. The lowest BCUT2D eigenvalue weighted by molar-refractivity contribution is -0.138. The number of hydrazine groups is 1. The molecule has 1 rings (SSSR count). The van der Waals surface area contributed by atoms with E-state index in [9.17, 15) is 22.8 Å². The van der Waals surface area contributed by atoms with Crippen LogP contribution in [-0.4, -0.2) is 34.6 Å². The first-order valence-corrected chi connectivity index (χ1v) is 6.20. The molecule has 0 aromatic carbocycles. The van der Waals surface area contributed by atoms with Crippen LogP contribution in [0, 0.1) is 0 Å². The molecule has 1 aromatic heterocycles. The third kappa shape index (κ3) is 4.90. The molecule has 0 fully saturated rings. The van der Waals surface area contributed by atoms with Gasteiger partial charge in [0.2, 0.25) is 0 Å². The van der Waals surface area contributed by atoms with Gasteiger partial charge in [-0.25, -0.2) is 10.2 Å². The van der Waals surface area contributed by atoms with Crippen LogP contribution in [0.5, 0.6) is 0 Å². The number of halogens is 3. The van der Waals surface area contributed by atoms with E-state index in [1.165, 1.54) is 0 Å². The summed E-state index contributed by atoms with van der Waals surface area (Å²) in [4.78, 5) is 27.1. The summed E-state index contributed by atoms with van der Waals surface area (Å²) in [6.07, 6.45) is -3.94. The first-order valence-electron chi connectivity index (χ1n) is 6.20. The molecule has 0 aliphatic rings. The highest BCUT2D eigenvalue weighted by Crippen LogP contribution is 2.31. The van der Waals surface area contributed by atoms with E-state index in [2.05, 4.69) is 4.98 Å². The Labute approximate surface area is 125 Å². The molecule has 1 N–H and O–H groups in total. The van der Waals surface area contributed by atoms with Crippen LogP contribution in [0.3, 0.4) is 0 Å². The molecule has 0 atom stereocenters. The molecule has 2 amide bonds. The maximum Gasteiger partial charge on any atom is 0.426 e. The number of pyridine rings is 1. The Morgan fingerprint density at radius 2 is 1.86 bits per heavy atom. The van der Waals surface area contributed by atoms with Crippen molar-refractivity contribution in [2.75, 3.05) is 7.05 Å². The van der Waals surface area contributed by atoms with E-state index in [4.69, 9.17) is 4.74 Å². The number of aromatic nitrogens is 1. The van der Waals surface area contributed by atoms with Crippen molar-refractivity contribution in [1.29, 1.82) is 0 Å². The van der Waals surface area contributed by atoms with E-state index in [1.807, 2.05) is 5.43 Å². The van der Waals surface area contributed by atoms with Gasteiger partial charge in [-0.15, -0.1) is 0 Å². The molecule has 1 heterocycles. The van der Waals surface area contributed by atoms with Crippen LogP contribution in [-0.2, 0) is 10.9 Å². The molecule has 122 valence electrons. The van der Waals surface area contributed by atoms with Crippen LogP contribution in [0.25, 0.3) is 0 Å². The van der Waals surface area contributed by atoms with Gasteiger partial charge in [0.25, 0.3) is 5.91 Å². The second-order valence-corrected chi connectivity index (χ2v) is 5.40. The predicted octanol–water partition coefficient (Wildman–Crippen LogP) is 2.61. The van der Waals surface area contributed by atoms with Crippen molar-refractivity contribution < 1.29 is 27.5 Å². The maximum atomic E-state index is 12.8. The SMILES string of the molecule is CN(NC(=O)OC(C)(C)C)C(=O)c1cnccc1C(F)(F)F. The van der Waals surface area contributed by atoms with Crippen molar-refractivity contribution in [3.63, 3.8) is 0 Å². The quantitative estimate of drug-likeness (QED) is 0.808. The van der Waals surface area contributed by atoms with Gasteiger partial charge >= 0.3 is 12.3 Å². The van der Waals surface area contributed by atoms with Crippen molar-refractivity contribution in [3.8, 4) is 0 Å². The molecule has 0 saturated heterocycles. The molecule has 0 radical (unpaired) electrons. The molecular formula is C13H16F3N3O3. The zero-order valence-corrected chi connectivity index (χ0v) is 12.5. The van der Waals surface area contributed by atoms with Gasteiger partial charge in [-0.1, -0.05) is 0 Å². The van der Waals surface area contributed by atoms with E-state index < -0.39 is 34.9 Å². The molecule has 0 aliphatic carbocycles. The Balaban J connectivity index is 2.91. The van der Waals surface area contributed by atoms with Gasteiger partial charge in [0.05, 0.1) is 11.1 Å². The monoisotopic (exact) mass is 319 g/mol. The van der Waals surface area contributed by atoms with Gasteiger partial charge in [0.15, 0.2) is 0 Å². The normalized spacial score (nSPS) is 11.8. The number of amides is 2. The summed E-state index contributed by atoms with van der Waals surface area (Å²) >= 11 is 0. The van der Waals surface area contributed by atoms with Crippen LogP contribution in [0.15, 0.2) is 18.5 Å². The Bertz CT molecular complexity index is 568. The minimum Gasteiger partial charge on any atom is -0.443 e. The number of hydrogen-bond donors (Lipinski definition) is 1. The van der Waals surface area contributed by atoms with E-state index in [0.29, 0.717) is 11.1 Å². The highest BCUT2D eigenvalue weighted by atomic mass is 19.4. The maximum absolute atomic E-state index is 12.8. The number of nitrogens with zero attached hydrogens (tertiary/aromatic N) is 2. The van der Waals surface area contributed by atoms with Crippen LogP contribution < -0.4 is 5.43 Å². The lowest BCUT2D eigenvalue weighted by Gasteiger charge is -2.24. The number of carbonyl (C=O) groups is 2. The fraction of sp³-hybridized carbons (Fsp3) is 0.462. The smallest absolute Gasteiger partial charge is 0.426 e. The topological polar surface area (TPSA) is 71.5 Å². The van der Waals surface area contributed by atoms with Crippen molar-refractivity contribution >= 4 is 12.0 Å². The average Bonchev–Trinajstić information content (AvgIpc) is 2.34. The third-order valence-electron chi connectivity index (χ3n) is 2.32. The van der Waals surface area contributed by atoms with E-state index >= 15 is 0 Å². The summed E-state index contributed by atoms with van der Waals surface area (Å²) < 4.78 is 43.4. The number of nitrogens with one attached hydrogen (secondary N) is 1. The second kappa shape index (κ2) is 6.20. The van der Waals surface area contributed by atoms with Gasteiger partial charge < -0.3 is 4.74 Å². The largest absolute Gasteiger partial charge is 0.443 e. The summed E-state index contributed by atoms with van der Waals surface area (Å²) in [5.74, 6) is -1.06. The molecule has 0 unspecified atom stereocenters. The van der Waals surface area contributed by atoms with Crippen molar-refractivity contribution in [2.45, 2.75) is 32.5 Å². The first-order chi connectivity index (χ1) is 9.92. The summed E-state index contributed by atoms with van der Waals surface area (Å²) in [7, 11) is 1.11. The minimum absolute atomic E-state index is 0.611. The van der Waals surface area contributed by atoms with Gasteiger partial charge in [0.1, 0.15) is 5.60 Å². The van der Waals surface area contributed by atoms with Gasteiger partial charge in [-0.2, -0.15) is 13.2 Å². The Hall–Kier alpha value is -2.32. The van der Waals surface area contributed by atoms with E-state index in [1.54, 1.807) is 20.8 Å². The molecule has 9 heteroatoms. The molecule has 6 nitrogen and oxygen atoms in total. The highest BCUT2D eigenvalue weighted by molar-refractivity contribution is 5.96. The van der Waals surface area contributed by atoms with E-state index in [-0.39, 0.29) is 0 Å². The lowest BCUT2D eigenvalue weighted by atomic mass is 10.1. The fourth-order valence-electron chi connectivity index (χ4n) is 1.48. The van der Waals surface area contributed by atoms with Crippen molar-refractivity contribution in [2.24, 2.45) is 0 Å². The number of carbonyl (C=O) groups excluding carboxylic acids is 2. The van der Waals surface area contributed by atoms with E-state index in [0.717, 1.165) is 19.4 Å². The van der Waals surface area contributed by atoms with Gasteiger partial charge in [-0.3, -0.25) is 14.8 Å². The zero-order valence-electron chi connectivity index (χ0n) is 12.5. The summed E-state index contributed by atoms with van der Waals surface area (Å²) in [6, 6.07) is 0.689. The van der Waals surface area contributed by atoms with Gasteiger partial charge in [-0.05, 0) is 26.8 Å². The Morgan fingerprint density at radius 1 is 1.27 bits per heavy atom. The Morgan fingerprint density at radius 3 is 2.36 bits per heavy atom. The molecule has 0 saturated carbocycles. The van der Waals surface area contributed by atoms with Crippen LogP contribution in [0.1, 0.15) is 36.7 Å². The van der Waals surface area contributed by atoms with Crippen LogP contribution in [0.2, 0.25) is 0 Å². The van der Waals surface area contributed by atoms with Crippen LogP contribution >= 0.6 is 0 Å². The standard InChI is InChI=1S/C13H16F3N3O3/c1-12(2,3)22-11(21)18-19(4)10(20)8-7-17-6-5-9(8)13(14,15)16/h5-7H,1-4H3,(H,18,21). The van der Waals surface area contributed by atoms with Gasteiger partial charge in [0, 0.05) is 19.4 Å². The molecule has 22 heavy (non-hydrogen) atoms. The average molecular weight is 319 g/mol. The molecular weight excluding hydrogens is 303 g/mol. The van der Waals surface area contributed by atoms with Crippen molar-refractivity contribution in [1.82, 2.24) is 15.4 Å². The minimum atomic E-state index is -4.71. The van der Waals surface area contributed by atoms with Crippen molar-refractivity contribution in [3.05, 3.63) is 29.6 Å². The summed E-state index contributed by atoms with van der Waals surface area (Å²) in [6.45, 7) is 4.83.